The summed E-state index contributed by atoms with van der Waals surface area (Å²) in [5.74, 6) is 0.604. The van der Waals surface area contributed by atoms with Gasteiger partial charge in [-0.15, -0.1) is 0 Å². The molecule has 204 valence electrons. The van der Waals surface area contributed by atoms with Crippen LogP contribution in [0.4, 0.5) is 4.79 Å². The Balaban J connectivity index is 1.19. The monoisotopic (exact) mass is 536 g/mol. The molecule has 4 aromatic rings. The summed E-state index contributed by atoms with van der Waals surface area (Å²) in [6.07, 6.45) is 1.47. The SMILES string of the molecule is Cc1nc2ccc(C=C(CNC(=O)OCC3c4ccccc4-c4ccccc43)B3OC(C)(C)C(C)(C)O3)cc2o1. The molecule has 1 aromatic heterocycles. The average Bonchev–Trinajstić information content (AvgIpc) is 3.52. The number of ether oxygens (including phenoxy) is 1. The first-order valence-corrected chi connectivity index (χ1v) is 13.6. The quantitative estimate of drug-likeness (QED) is 0.277. The van der Waals surface area contributed by atoms with Crippen LogP contribution >= 0.6 is 0 Å². The molecule has 1 amide bonds. The maximum Gasteiger partial charge on any atom is 0.492 e. The van der Waals surface area contributed by atoms with Crippen LogP contribution in [-0.4, -0.2) is 42.5 Å². The van der Waals surface area contributed by atoms with E-state index in [1.54, 1.807) is 0 Å². The third-order valence-electron chi connectivity index (χ3n) is 8.21. The van der Waals surface area contributed by atoms with Gasteiger partial charge in [-0.25, -0.2) is 9.78 Å². The highest BCUT2D eigenvalue weighted by Crippen LogP contribution is 2.44. The molecule has 1 fully saturated rings. The van der Waals surface area contributed by atoms with Gasteiger partial charge < -0.3 is 23.8 Å². The zero-order valence-corrected chi connectivity index (χ0v) is 23.5. The third-order valence-corrected chi connectivity index (χ3v) is 8.21. The number of aromatic nitrogens is 1. The zero-order chi connectivity index (χ0) is 28.1. The predicted octanol–water partition coefficient (Wildman–Crippen LogP) is 6.69. The van der Waals surface area contributed by atoms with Gasteiger partial charge in [0.2, 0.25) is 0 Å². The Morgan fingerprint density at radius 1 is 0.975 bits per heavy atom. The number of carbonyl (C=O) groups excluding carboxylic acids is 1. The van der Waals surface area contributed by atoms with E-state index in [2.05, 4.69) is 34.6 Å². The molecule has 1 N–H and O–H groups in total. The normalized spacial score (nSPS) is 17.6. The van der Waals surface area contributed by atoms with Crippen molar-refractivity contribution in [2.45, 2.75) is 51.7 Å². The number of fused-ring (bicyclic) bond motifs is 4. The lowest BCUT2D eigenvalue weighted by Crippen LogP contribution is -2.41. The van der Waals surface area contributed by atoms with E-state index in [9.17, 15) is 4.79 Å². The first-order valence-electron chi connectivity index (χ1n) is 13.6. The van der Waals surface area contributed by atoms with Crippen molar-refractivity contribution in [3.63, 3.8) is 0 Å². The summed E-state index contributed by atoms with van der Waals surface area (Å²) >= 11 is 0. The third kappa shape index (κ3) is 4.82. The summed E-state index contributed by atoms with van der Waals surface area (Å²) < 4.78 is 24.1. The summed E-state index contributed by atoms with van der Waals surface area (Å²) in [6.45, 7) is 10.3. The number of rotatable bonds is 6. The molecule has 1 saturated heterocycles. The van der Waals surface area contributed by atoms with E-state index < -0.39 is 24.4 Å². The van der Waals surface area contributed by atoms with E-state index in [-0.39, 0.29) is 19.1 Å². The maximum atomic E-state index is 13.0. The van der Waals surface area contributed by atoms with Crippen molar-refractivity contribution in [2.75, 3.05) is 13.2 Å². The molecular formula is C32H33BN2O5. The minimum absolute atomic E-state index is 0.00616. The topological polar surface area (TPSA) is 82.8 Å². The van der Waals surface area contributed by atoms with Crippen molar-refractivity contribution in [2.24, 2.45) is 0 Å². The van der Waals surface area contributed by atoms with Crippen molar-refractivity contribution in [3.05, 3.63) is 94.8 Å². The summed E-state index contributed by atoms with van der Waals surface area (Å²) in [5, 5.41) is 2.92. The van der Waals surface area contributed by atoms with Gasteiger partial charge >= 0.3 is 13.2 Å². The number of nitrogens with zero attached hydrogens (tertiary/aromatic N) is 1. The molecule has 0 radical (unpaired) electrons. The summed E-state index contributed by atoms with van der Waals surface area (Å²) in [5.41, 5.74) is 6.84. The fourth-order valence-corrected chi connectivity index (χ4v) is 5.38. The first-order chi connectivity index (χ1) is 19.1. The number of benzene rings is 3. The lowest BCUT2D eigenvalue weighted by molar-refractivity contribution is 0.00578. The summed E-state index contributed by atoms with van der Waals surface area (Å²) in [4.78, 5) is 17.3. The second kappa shape index (κ2) is 9.95. The Morgan fingerprint density at radius 3 is 2.25 bits per heavy atom. The van der Waals surface area contributed by atoms with Gasteiger partial charge in [-0.1, -0.05) is 60.7 Å². The van der Waals surface area contributed by atoms with E-state index in [0.29, 0.717) is 11.5 Å². The van der Waals surface area contributed by atoms with E-state index in [1.807, 2.05) is 83.2 Å². The van der Waals surface area contributed by atoms with Gasteiger partial charge in [-0.05, 0) is 73.1 Å². The molecule has 3 aromatic carbocycles. The largest absolute Gasteiger partial charge is 0.492 e. The Bertz CT molecular complexity index is 1560. The number of carbonyl (C=O) groups is 1. The Labute approximate surface area is 234 Å². The van der Waals surface area contributed by atoms with Gasteiger partial charge in [-0.3, -0.25) is 0 Å². The van der Waals surface area contributed by atoms with Crippen molar-refractivity contribution < 1.29 is 23.3 Å². The number of hydrogen-bond acceptors (Lipinski definition) is 6. The van der Waals surface area contributed by atoms with Gasteiger partial charge in [0, 0.05) is 19.4 Å². The minimum atomic E-state index is -0.633. The number of oxazole rings is 1. The molecule has 1 aliphatic carbocycles. The lowest BCUT2D eigenvalue weighted by atomic mass is 9.77. The van der Waals surface area contributed by atoms with Crippen LogP contribution in [-0.2, 0) is 14.0 Å². The Kier molecular flexibility index (Phi) is 6.55. The molecule has 0 spiro atoms. The number of alkyl carbamates (subject to hydrolysis) is 1. The number of amides is 1. The van der Waals surface area contributed by atoms with Gasteiger partial charge in [0.25, 0.3) is 0 Å². The molecule has 0 saturated carbocycles. The highest BCUT2D eigenvalue weighted by atomic mass is 16.7. The number of nitrogens with one attached hydrogen (secondary N) is 1. The standard InChI is InChI=1S/C32H33BN2O5/c1-20-35-28-15-14-21(17-29(28)38-20)16-22(33-39-31(2,3)32(4,5)40-33)18-34-30(36)37-19-27-25-12-8-6-10-23(25)24-11-7-9-13-26(24)27/h6-17,27H,18-19H2,1-5H3,(H,34,36). The van der Waals surface area contributed by atoms with Crippen molar-refractivity contribution >= 4 is 30.4 Å². The van der Waals surface area contributed by atoms with E-state index in [1.165, 1.54) is 22.3 Å². The number of hydrogen-bond donors (Lipinski definition) is 1. The van der Waals surface area contributed by atoms with Crippen LogP contribution in [0.1, 0.15) is 56.2 Å². The summed E-state index contributed by atoms with van der Waals surface area (Å²) in [7, 11) is -0.633. The van der Waals surface area contributed by atoms with Crippen molar-refractivity contribution in [3.8, 4) is 11.1 Å². The summed E-state index contributed by atoms with van der Waals surface area (Å²) in [6, 6.07) is 22.4. The molecule has 0 unspecified atom stereocenters. The minimum Gasteiger partial charge on any atom is -0.449 e. The van der Waals surface area contributed by atoms with Crippen LogP contribution in [0.15, 0.2) is 76.6 Å². The Hall–Kier alpha value is -3.88. The molecule has 0 atom stereocenters. The Morgan fingerprint density at radius 2 is 1.60 bits per heavy atom. The van der Waals surface area contributed by atoms with Crippen LogP contribution in [0.3, 0.4) is 0 Å². The molecule has 6 rings (SSSR count). The van der Waals surface area contributed by atoms with Crippen LogP contribution in [0.5, 0.6) is 0 Å². The van der Waals surface area contributed by atoms with Crippen LogP contribution in [0.2, 0.25) is 0 Å². The second-order valence-electron chi connectivity index (χ2n) is 11.4. The second-order valence-corrected chi connectivity index (χ2v) is 11.4. The van der Waals surface area contributed by atoms with E-state index in [0.717, 1.165) is 16.6 Å². The van der Waals surface area contributed by atoms with Crippen molar-refractivity contribution in [1.29, 1.82) is 0 Å². The molecule has 1 aliphatic heterocycles. The molecule has 0 bridgehead atoms. The van der Waals surface area contributed by atoms with Crippen molar-refractivity contribution in [1.82, 2.24) is 10.3 Å². The molecule has 40 heavy (non-hydrogen) atoms. The van der Waals surface area contributed by atoms with Crippen LogP contribution in [0.25, 0.3) is 28.3 Å². The van der Waals surface area contributed by atoms with Gasteiger partial charge in [0.15, 0.2) is 11.5 Å². The molecular weight excluding hydrogens is 503 g/mol. The smallest absolute Gasteiger partial charge is 0.449 e. The highest BCUT2D eigenvalue weighted by molar-refractivity contribution is 6.56. The van der Waals surface area contributed by atoms with E-state index in [4.69, 9.17) is 18.5 Å². The van der Waals surface area contributed by atoms with Gasteiger partial charge in [0.1, 0.15) is 12.1 Å². The van der Waals surface area contributed by atoms with Gasteiger partial charge in [0.05, 0.1) is 11.2 Å². The zero-order valence-electron chi connectivity index (χ0n) is 23.5. The maximum absolute atomic E-state index is 13.0. The highest BCUT2D eigenvalue weighted by Gasteiger charge is 2.52. The molecule has 2 aliphatic rings. The molecule has 2 heterocycles. The first kappa shape index (κ1) is 26.4. The fraction of sp³-hybridized carbons (Fsp3) is 0.312. The predicted molar refractivity (Wildman–Crippen MR) is 156 cm³/mol. The van der Waals surface area contributed by atoms with Gasteiger partial charge in [-0.2, -0.15) is 0 Å². The molecule has 7 nitrogen and oxygen atoms in total. The number of aryl methyl sites for hydroxylation is 1. The average molecular weight is 536 g/mol. The van der Waals surface area contributed by atoms with Crippen LogP contribution in [0, 0.1) is 6.92 Å². The van der Waals surface area contributed by atoms with Crippen LogP contribution < -0.4 is 5.32 Å². The van der Waals surface area contributed by atoms with E-state index >= 15 is 0 Å². The lowest BCUT2D eigenvalue weighted by Gasteiger charge is -2.32. The fourth-order valence-electron chi connectivity index (χ4n) is 5.38. The molecule has 8 heteroatoms.